The number of allylic oxidation sites excluding steroid dienone is 1. The Morgan fingerprint density at radius 3 is 2.85 bits per heavy atom. The number of hydrogen-bond donors (Lipinski definition) is 2. The van der Waals surface area contributed by atoms with Crippen LogP contribution in [0.15, 0.2) is 23.8 Å². The van der Waals surface area contributed by atoms with Gasteiger partial charge >= 0.3 is 0 Å². The molecule has 13 heavy (non-hydrogen) atoms. The topological polar surface area (TPSA) is 73.5 Å². The predicted octanol–water partition coefficient (Wildman–Crippen LogP) is -0.257. The van der Waals surface area contributed by atoms with Crippen LogP contribution in [0.25, 0.3) is 0 Å². The third-order valence-electron chi connectivity index (χ3n) is 1.98. The van der Waals surface area contributed by atoms with E-state index in [1.54, 1.807) is 18.2 Å². The lowest BCUT2D eigenvalue weighted by Gasteiger charge is -2.27. The quantitative estimate of drug-likeness (QED) is 0.547. The van der Waals surface area contributed by atoms with Crippen LogP contribution in [-0.4, -0.2) is 35.6 Å². The lowest BCUT2D eigenvalue weighted by molar-refractivity contribution is -0.0456. The zero-order valence-corrected chi connectivity index (χ0v) is 7.21. The lowest BCUT2D eigenvalue weighted by atomic mass is 9.93. The summed E-state index contributed by atoms with van der Waals surface area (Å²) in [5, 5.41) is 27.3. The number of ether oxygens (including phenoxy) is 1. The van der Waals surface area contributed by atoms with Gasteiger partial charge < -0.3 is 14.9 Å². The molecule has 2 N–H and O–H groups in total. The number of hydrogen-bond acceptors (Lipinski definition) is 4. The molecule has 0 saturated carbocycles. The molecule has 1 aliphatic rings. The summed E-state index contributed by atoms with van der Waals surface area (Å²) in [5.41, 5.74) is 0.406. The molecule has 0 heterocycles. The van der Waals surface area contributed by atoms with Crippen molar-refractivity contribution in [3.8, 4) is 6.07 Å². The Balaban J connectivity index is 2.88. The third-order valence-corrected chi connectivity index (χ3v) is 1.98. The van der Waals surface area contributed by atoms with E-state index in [9.17, 15) is 10.2 Å². The maximum absolute atomic E-state index is 9.47. The smallest absolute Gasteiger partial charge is 0.114 e. The van der Waals surface area contributed by atoms with Gasteiger partial charge in [0.15, 0.2) is 0 Å². The number of methoxy groups -OCH3 is 1. The van der Waals surface area contributed by atoms with E-state index < -0.39 is 18.3 Å². The van der Waals surface area contributed by atoms with Gasteiger partial charge in [0, 0.05) is 13.2 Å². The maximum Gasteiger partial charge on any atom is 0.114 e. The van der Waals surface area contributed by atoms with Crippen molar-refractivity contribution in [2.45, 2.75) is 18.3 Å². The highest BCUT2D eigenvalue weighted by Crippen LogP contribution is 2.19. The van der Waals surface area contributed by atoms with E-state index in [1.807, 2.05) is 0 Å². The molecule has 0 aromatic rings. The minimum absolute atomic E-state index is 0.406. The SMILES string of the molecule is COC1C=CC(=CC#N)C(O)C1O. The largest absolute Gasteiger partial charge is 0.387 e. The Kier molecular flexibility index (Phi) is 3.20. The van der Waals surface area contributed by atoms with Crippen molar-refractivity contribution in [3.05, 3.63) is 23.8 Å². The fourth-order valence-corrected chi connectivity index (χ4v) is 1.22. The van der Waals surface area contributed by atoms with Gasteiger partial charge in [-0.25, -0.2) is 0 Å². The van der Waals surface area contributed by atoms with Crippen LogP contribution < -0.4 is 0 Å². The first-order valence-corrected chi connectivity index (χ1v) is 3.87. The molecule has 1 rings (SSSR count). The van der Waals surface area contributed by atoms with Crippen molar-refractivity contribution in [3.63, 3.8) is 0 Å². The minimum Gasteiger partial charge on any atom is -0.387 e. The van der Waals surface area contributed by atoms with Crippen LogP contribution in [0.4, 0.5) is 0 Å². The van der Waals surface area contributed by atoms with Crippen molar-refractivity contribution in [1.29, 1.82) is 5.26 Å². The van der Waals surface area contributed by atoms with Crippen LogP contribution in [0.1, 0.15) is 0 Å². The fraction of sp³-hybridized carbons (Fsp3) is 0.444. The summed E-state index contributed by atoms with van der Waals surface area (Å²) in [6.07, 6.45) is 1.83. The molecular weight excluding hydrogens is 170 g/mol. The van der Waals surface area contributed by atoms with Gasteiger partial charge in [-0.2, -0.15) is 5.26 Å². The molecule has 0 fully saturated rings. The van der Waals surface area contributed by atoms with Gasteiger partial charge in [0.1, 0.15) is 18.3 Å². The molecule has 0 spiro atoms. The number of nitrogens with zero attached hydrogens (tertiary/aromatic N) is 1. The first-order chi connectivity index (χ1) is 6.20. The van der Waals surface area contributed by atoms with Gasteiger partial charge in [-0.3, -0.25) is 0 Å². The van der Waals surface area contributed by atoms with Crippen molar-refractivity contribution in [2.24, 2.45) is 0 Å². The minimum atomic E-state index is -1.05. The summed E-state index contributed by atoms with van der Waals surface area (Å²) in [7, 11) is 1.45. The van der Waals surface area contributed by atoms with Crippen molar-refractivity contribution in [2.75, 3.05) is 7.11 Å². The Morgan fingerprint density at radius 2 is 2.31 bits per heavy atom. The molecule has 4 nitrogen and oxygen atoms in total. The van der Waals surface area contributed by atoms with E-state index in [-0.39, 0.29) is 0 Å². The van der Waals surface area contributed by atoms with Crippen LogP contribution in [0.2, 0.25) is 0 Å². The third kappa shape index (κ3) is 1.95. The second kappa shape index (κ2) is 4.19. The van der Waals surface area contributed by atoms with Crippen LogP contribution in [0.3, 0.4) is 0 Å². The second-order valence-electron chi connectivity index (χ2n) is 2.77. The van der Waals surface area contributed by atoms with E-state index in [4.69, 9.17) is 10.00 Å². The molecular formula is C9H11NO3. The molecule has 70 valence electrons. The molecule has 0 radical (unpaired) electrons. The van der Waals surface area contributed by atoms with Crippen molar-refractivity contribution in [1.82, 2.24) is 0 Å². The zero-order valence-electron chi connectivity index (χ0n) is 7.21. The van der Waals surface area contributed by atoms with E-state index in [0.29, 0.717) is 5.57 Å². The molecule has 0 amide bonds. The molecule has 3 atom stereocenters. The van der Waals surface area contributed by atoms with Gasteiger partial charge in [-0.05, 0) is 5.57 Å². The summed E-state index contributed by atoms with van der Waals surface area (Å²) in [6.45, 7) is 0. The molecule has 0 saturated heterocycles. The van der Waals surface area contributed by atoms with Gasteiger partial charge in [-0.1, -0.05) is 12.2 Å². The first-order valence-electron chi connectivity index (χ1n) is 3.87. The number of aliphatic hydroxyl groups is 2. The predicted molar refractivity (Wildman–Crippen MR) is 45.6 cm³/mol. The van der Waals surface area contributed by atoms with Crippen LogP contribution >= 0.6 is 0 Å². The number of nitriles is 1. The molecule has 0 aromatic heterocycles. The maximum atomic E-state index is 9.47. The molecule has 3 unspecified atom stereocenters. The standard InChI is InChI=1S/C9H11NO3/c1-13-7-3-2-6(4-5-10)8(11)9(7)12/h2-4,7-9,11-12H,1H3. The van der Waals surface area contributed by atoms with Crippen LogP contribution in [0, 0.1) is 11.3 Å². The monoisotopic (exact) mass is 181 g/mol. The van der Waals surface area contributed by atoms with Crippen molar-refractivity contribution < 1.29 is 14.9 Å². The number of aliphatic hydroxyl groups excluding tert-OH is 2. The Hall–Kier alpha value is -1.15. The van der Waals surface area contributed by atoms with E-state index >= 15 is 0 Å². The highest BCUT2D eigenvalue weighted by molar-refractivity contribution is 5.33. The lowest BCUT2D eigenvalue weighted by Crippen LogP contribution is -2.40. The molecule has 0 aliphatic heterocycles. The summed E-state index contributed by atoms with van der Waals surface area (Å²) >= 11 is 0. The Labute approximate surface area is 76.4 Å². The first kappa shape index (κ1) is 9.93. The van der Waals surface area contributed by atoms with E-state index in [0.717, 1.165) is 0 Å². The second-order valence-corrected chi connectivity index (χ2v) is 2.77. The average Bonchev–Trinajstić information content (AvgIpc) is 2.14. The van der Waals surface area contributed by atoms with Crippen molar-refractivity contribution >= 4 is 0 Å². The summed E-state index contributed by atoms with van der Waals surface area (Å²) < 4.78 is 4.89. The highest BCUT2D eigenvalue weighted by Gasteiger charge is 2.29. The normalized spacial score (nSPS) is 36.2. The molecule has 1 aliphatic carbocycles. The van der Waals surface area contributed by atoms with Gasteiger partial charge in [0.05, 0.1) is 6.07 Å². The van der Waals surface area contributed by atoms with E-state index in [2.05, 4.69) is 0 Å². The van der Waals surface area contributed by atoms with Gasteiger partial charge in [-0.15, -0.1) is 0 Å². The van der Waals surface area contributed by atoms with Gasteiger partial charge in [0.2, 0.25) is 0 Å². The molecule has 4 heteroatoms. The molecule has 0 aromatic carbocycles. The Bertz CT molecular complexity index is 277. The van der Waals surface area contributed by atoms with E-state index in [1.165, 1.54) is 13.2 Å². The Morgan fingerprint density at radius 1 is 1.62 bits per heavy atom. The number of rotatable bonds is 1. The summed E-state index contributed by atoms with van der Waals surface area (Å²) in [5.74, 6) is 0. The fourth-order valence-electron chi connectivity index (χ4n) is 1.22. The summed E-state index contributed by atoms with van der Waals surface area (Å²) in [6, 6.07) is 1.80. The average molecular weight is 181 g/mol. The zero-order chi connectivity index (χ0) is 9.84. The van der Waals surface area contributed by atoms with Crippen LogP contribution in [-0.2, 0) is 4.74 Å². The molecule has 0 bridgehead atoms. The van der Waals surface area contributed by atoms with Crippen LogP contribution in [0.5, 0.6) is 0 Å². The highest BCUT2D eigenvalue weighted by atomic mass is 16.5. The van der Waals surface area contributed by atoms with Gasteiger partial charge in [0.25, 0.3) is 0 Å². The summed E-state index contributed by atoms with van der Waals surface area (Å²) in [4.78, 5) is 0.